The maximum Gasteiger partial charge on any atom is 0.315 e. The Hall–Kier alpha value is -2.57. The summed E-state index contributed by atoms with van der Waals surface area (Å²) in [5.41, 5.74) is 1.17. The molecule has 4 amide bonds. The SMILES string of the molecule is CC(=O)Nc1cccc(C(C)NC(=O)NCC(=O)NC(C)(C)C)c1. The minimum absolute atomic E-state index is 0.0955. The van der Waals surface area contributed by atoms with E-state index in [2.05, 4.69) is 21.3 Å². The zero-order chi connectivity index (χ0) is 18.3. The van der Waals surface area contributed by atoms with Crippen molar-refractivity contribution in [2.45, 2.75) is 46.2 Å². The van der Waals surface area contributed by atoms with E-state index in [0.29, 0.717) is 5.69 Å². The molecule has 0 fully saturated rings. The van der Waals surface area contributed by atoms with Crippen LogP contribution in [0.25, 0.3) is 0 Å². The molecular weight excluding hydrogens is 308 g/mol. The van der Waals surface area contributed by atoms with E-state index in [0.717, 1.165) is 5.56 Å². The van der Waals surface area contributed by atoms with Gasteiger partial charge in [0.25, 0.3) is 0 Å². The van der Waals surface area contributed by atoms with Gasteiger partial charge in [0.05, 0.1) is 12.6 Å². The predicted octanol–water partition coefficient (Wildman–Crippen LogP) is 1.92. The van der Waals surface area contributed by atoms with Crippen molar-refractivity contribution in [2.24, 2.45) is 0 Å². The van der Waals surface area contributed by atoms with E-state index in [-0.39, 0.29) is 29.9 Å². The van der Waals surface area contributed by atoms with Crippen LogP contribution in [0.1, 0.15) is 46.2 Å². The fourth-order valence-corrected chi connectivity index (χ4v) is 2.04. The minimum atomic E-state index is -0.434. The lowest BCUT2D eigenvalue weighted by molar-refractivity contribution is -0.121. The van der Waals surface area contributed by atoms with Crippen molar-refractivity contribution in [3.05, 3.63) is 29.8 Å². The Morgan fingerprint density at radius 3 is 2.42 bits per heavy atom. The lowest BCUT2D eigenvalue weighted by atomic mass is 10.1. The smallest absolute Gasteiger partial charge is 0.315 e. The van der Waals surface area contributed by atoms with Crippen LogP contribution >= 0.6 is 0 Å². The first kappa shape index (κ1) is 19.5. The van der Waals surface area contributed by atoms with Gasteiger partial charge in [0, 0.05) is 18.2 Å². The number of hydrogen-bond acceptors (Lipinski definition) is 3. The van der Waals surface area contributed by atoms with E-state index >= 15 is 0 Å². The van der Waals surface area contributed by atoms with Crippen molar-refractivity contribution in [3.63, 3.8) is 0 Å². The Morgan fingerprint density at radius 2 is 1.83 bits per heavy atom. The zero-order valence-corrected chi connectivity index (χ0v) is 14.8. The van der Waals surface area contributed by atoms with Crippen LogP contribution in [0, 0.1) is 0 Å². The third-order valence-electron chi connectivity index (χ3n) is 2.98. The van der Waals surface area contributed by atoms with E-state index in [9.17, 15) is 14.4 Å². The number of urea groups is 1. The first-order valence-corrected chi connectivity index (χ1v) is 7.80. The number of carbonyl (C=O) groups is 3. The van der Waals surface area contributed by atoms with Gasteiger partial charge < -0.3 is 21.3 Å². The predicted molar refractivity (Wildman–Crippen MR) is 93.6 cm³/mol. The molecule has 1 atom stereocenters. The van der Waals surface area contributed by atoms with E-state index in [4.69, 9.17) is 0 Å². The summed E-state index contributed by atoms with van der Waals surface area (Å²) in [6.45, 7) is 8.77. The van der Waals surface area contributed by atoms with Crippen LogP contribution in [-0.2, 0) is 9.59 Å². The number of carbonyl (C=O) groups excluding carboxylic acids is 3. The van der Waals surface area contributed by atoms with Crippen LogP contribution in [-0.4, -0.2) is 29.9 Å². The zero-order valence-electron chi connectivity index (χ0n) is 14.8. The van der Waals surface area contributed by atoms with Gasteiger partial charge in [-0.05, 0) is 45.4 Å². The molecule has 1 rings (SSSR count). The molecule has 1 unspecified atom stereocenters. The quantitative estimate of drug-likeness (QED) is 0.662. The average Bonchev–Trinajstić information content (AvgIpc) is 2.43. The normalized spacial score (nSPS) is 12.0. The van der Waals surface area contributed by atoms with Gasteiger partial charge in [-0.2, -0.15) is 0 Å². The van der Waals surface area contributed by atoms with Gasteiger partial charge in [0.15, 0.2) is 0 Å². The van der Waals surface area contributed by atoms with Gasteiger partial charge in [0.2, 0.25) is 11.8 Å². The Labute approximate surface area is 142 Å². The molecule has 0 aromatic heterocycles. The highest BCUT2D eigenvalue weighted by Crippen LogP contribution is 2.17. The summed E-state index contributed by atoms with van der Waals surface area (Å²) in [6.07, 6.45) is 0. The highest BCUT2D eigenvalue weighted by atomic mass is 16.2. The largest absolute Gasteiger partial charge is 0.350 e. The highest BCUT2D eigenvalue weighted by molar-refractivity contribution is 5.88. The molecule has 1 aromatic rings. The van der Waals surface area contributed by atoms with E-state index in [1.165, 1.54) is 6.92 Å². The average molecular weight is 334 g/mol. The number of nitrogens with one attached hydrogen (secondary N) is 4. The Kier molecular flexibility index (Phi) is 6.76. The Bertz CT molecular complexity index is 608. The molecule has 7 heteroatoms. The van der Waals surface area contributed by atoms with Crippen molar-refractivity contribution in [2.75, 3.05) is 11.9 Å². The topological polar surface area (TPSA) is 99.3 Å². The second-order valence-electron chi connectivity index (χ2n) is 6.65. The van der Waals surface area contributed by atoms with Crippen LogP contribution in [0.5, 0.6) is 0 Å². The minimum Gasteiger partial charge on any atom is -0.350 e. The number of rotatable bonds is 5. The summed E-state index contributed by atoms with van der Waals surface area (Å²) < 4.78 is 0. The van der Waals surface area contributed by atoms with Crippen LogP contribution in [0.4, 0.5) is 10.5 Å². The van der Waals surface area contributed by atoms with E-state index < -0.39 is 6.03 Å². The summed E-state index contributed by atoms with van der Waals surface area (Å²) in [4.78, 5) is 34.7. The first-order chi connectivity index (χ1) is 11.1. The maximum absolute atomic E-state index is 11.9. The molecule has 0 aliphatic heterocycles. The van der Waals surface area contributed by atoms with Crippen LogP contribution in [0.15, 0.2) is 24.3 Å². The molecule has 132 valence electrons. The highest BCUT2D eigenvalue weighted by Gasteiger charge is 2.15. The van der Waals surface area contributed by atoms with Crippen molar-refractivity contribution in [3.8, 4) is 0 Å². The summed E-state index contributed by atoms with van der Waals surface area (Å²) in [5, 5.41) is 10.7. The fraction of sp³-hybridized carbons (Fsp3) is 0.471. The molecule has 0 radical (unpaired) electrons. The lowest BCUT2D eigenvalue weighted by Crippen LogP contribution is -2.47. The molecule has 0 bridgehead atoms. The van der Waals surface area contributed by atoms with Crippen LogP contribution in [0.3, 0.4) is 0 Å². The maximum atomic E-state index is 11.9. The third-order valence-corrected chi connectivity index (χ3v) is 2.98. The number of anilines is 1. The second-order valence-corrected chi connectivity index (χ2v) is 6.65. The fourth-order valence-electron chi connectivity index (χ4n) is 2.04. The lowest BCUT2D eigenvalue weighted by Gasteiger charge is -2.21. The number of hydrogen-bond donors (Lipinski definition) is 4. The summed E-state index contributed by atoms with van der Waals surface area (Å²) >= 11 is 0. The van der Waals surface area contributed by atoms with Crippen LogP contribution < -0.4 is 21.3 Å². The van der Waals surface area contributed by atoms with Crippen molar-refractivity contribution in [1.82, 2.24) is 16.0 Å². The molecule has 0 heterocycles. The summed E-state index contributed by atoms with van der Waals surface area (Å²) in [6, 6.07) is 6.50. The first-order valence-electron chi connectivity index (χ1n) is 7.80. The molecule has 0 aliphatic rings. The molecule has 24 heavy (non-hydrogen) atoms. The summed E-state index contributed by atoms with van der Waals surface area (Å²) in [5.74, 6) is -0.409. The molecule has 0 saturated carbocycles. The van der Waals surface area contributed by atoms with E-state index in [1.54, 1.807) is 18.2 Å². The van der Waals surface area contributed by atoms with Gasteiger partial charge in [-0.1, -0.05) is 12.1 Å². The van der Waals surface area contributed by atoms with E-state index in [1.807, 2.05) is 33.8 Å². The van der Waals surface area contributed by atoms with Gasteiger partial charge in [-0.3, -0.25) is 9.59 Å². The Morgan fingerprint density at radius 1 is 1.17 bits per heavy atom. The standard InChI is InChI=1S/C17H26N4O3/c1-11(13-7-6-8-14(9-13)20-12(2)22)19-16(24)18-10-15(23)21-17(3,4)5/h6-9,11H,10H2,1-5H3,(H,20,22)(H,21,23)(H2,18,19,24). The molecule has 1 aromatic carbocycles. The van der Waals surface area contributed by atoms with Crippen molar-refractivity contribution < 1.29 is 14.4 Å². The third kappa shape index (κ3) is 7.62. The second kappa shape index (κ2) is 8.33. The molecular formula is C17H26N4O3. The summed E-state index contributed by atoms with van der Waals surface area (Å²) in [7, 11) is 0. The molecule has 4 N–H and O–H groups in total. The molecule has 0 spiro atoms. The molecule has 7 nitrogen and oxygen atoms in total. The van der Waals surface area contributed by atoms with Gasteiger partial charge >= 0.3 is 6.03 Å². The van der Waals surface area contributed by atoms with Gasteiger partial charge in [-0.15, -0.1) is 0 Å². The number of amides is 4. The van der Waals surface area contributed by atoms with Crippen molar-refractivity contribution in [1.29, 1.82) is 0 Å². The Balaban J connectivity index is 2.52. The monoisotopic (exact) mass is 334 g/mol. The molecule has 0 saturated heterocycles. The molecule has 0 aliphatic carbocycles. The van der Waals surface area contributed by atoms with Gasteiger partial charge in [-0.25, -0.2) is 4.79 Å². The van der Waals surface area contributed by atoms with Crippen molar-refractivity contribution >= 4 is 23.5 Å². The van der Waals surface area contributed by atoms with Crippen LogP contribution in [0.2, 0.25) is 0 Å². The van der Waals surface area contributed by atoms with Gasteiger partial charge in [0.1, 0.15) is 0 Å². The number of benzene rings is 1.